The zero-order valence-corrected chi connectivity index (χ0v) is 26.7. The molecule has 0 saturated carbocycles. The van der Waals surface area contributed by atoms with Gasteiger partial charge < -0.3 is 73.8 Å². The van der Waals surface area contributed by atoms with Gasteiger partial charge in [-0.2, -0.15) is 0 Å². The molecule has 0 aliphatic rings. The van der Waals surface area contributed by atoms with Gasteiger partial charge in [-0.25, -0.2) is 0 Å². The first-order valence-electron chi connectivity index (χ1n) is 3.21. The van der Waals surface area contributed by atoms with Crippen molar-refractivity contribution in [1.82, 2.24) is 73.8 Å². The van der Waals surface area contributed by atoms with Gasteiger partial charge in [0.2, 0.25) is 0 Å². The molecule has 0 radical (unpaired) electrons. The summed E-state index contributed by atoms with van der Waals surface area (Å²) in [5.74, 6) is 0. The molecule has 0 spiro atoms. The summed E-state index contributed by atoms with van der Waals surface area (Å²) < 4.78 is 143. The Kier molecular flexibility index (Phi) is 179. The average Bonchev–Trinajstić information content (AvgIpc) is 1.62. The second-order valence-electron chi connectivity index (χ2n) is 1.93. The maximum absolute atomic E-state index is 10.2. The minimum absolute atomic E-state index is 0. The van der Waals surface area contributed by atoms with E-state index in [1.54, 1.807) is 0 Å². The molecule has 32 heteroatoms. The van der Waals surface area contributed by atoms with E-state index >= 15 is 0 Å². The molecular weight excluding hydrogens is 628 g/mol. The molecule has 32 heavy (non-hydrogen) atoms. The van der Waals surface area contributed by atoms with E-state index in [1.165, 1.54) is 0 Å². The summed E-state index contributed by atoms with van der Waals surface area (Å²) in [7, 11) is 0. The van der Waals surface area contributed by atoms with Crippen LogP contribution in [0.25, 0.3) is 0 Å². The van der Waals surface area contributed by atoms with E-state index in [2.05, 4.69) is 0 Å². The van der Waals surface area contributed by atoms with Gasteiger partial charge in [0.15, 0.2) is 0 Å². The second kappa shape index (κ2) is 49.7. The monoisotopic (exact) mass is 676 g/mol. The van der Waals surface area contributed by atoms with Crippen LogP contribution in [0.2, 0.25) is 0 Å². The Balaban J connectivity index is -0.00000000677. The van der Waals surface area contributed by atoms with Gasteiger partial charge in [0, 0.05) is 0 Å². The van der Waals surface area contributed by atoms with Crippen LogP contribution in [0.3, 0.4) is 0 Å². The summed E-state index contributed by atoms with van der Waals surface area (Å²) in [6.07, 6.45) is 0. The van der Waals surface area contributed by atoms with Gasteiger partial charge in [-0.3, -0.25) is 0 Å². The summed E-state index contributed by atoms with van der Waals surface area (Å²) in [5.41, 5.74) is 0. The van der Waals surface area contributed by atoms with Crippen molar-refractivity contribution >= 4 is 0 Å². The van der Waals surface area contributed by atoms with Crippen LogP contribution in [0.1, 0.15) is 0 Å². The summed E-state index contributed by atoms with van der Waals surface area (Å²) in [4.78, 5) is 0. The second-order valence-corrected chi connectivity index (χ2v) is 7.94. The number of hydrogen-bond donors (Lipinski definition) is 12. The average molecular weight is 676 g/mol. The fraction of sp³-hybridized carbons (Fsp3) is 0. The summed E-state index contributed by atoms with van der Waals surface area (Å²) in [6.45, 7) is 0. The Morgan fingerprint density at radius 3 is 0.219 bits per heavy atom. The maximum atomic E-state index is 10.2. The summed E-state index contributed by atoms with van der Waals surface area (Å²) >= 11 is -25.0. The third kappa shape index (κ3) is 11300. The van der Waals surface area contributed by atoms with E-state index in [-0.39, 0.29) is 73.8 Å². The molecule has 0 aromatic heterocycles. The molecule has 48 N–H and O–H groups in total. The number of rotatable bonds is 0. The first-order chi connectivity index (χ1) is 8.00. The fourth-order valence-electron chi connectivity index (χ4n) is 0. The van der Waals surface area contributed by atoms with E-state index in [4.69, 9.17) is 44.3 Å². The van der Waals surface area contributed by atoms with Gasteiger partial charge in [-0.15, -0.1) is 0 Å². The van der Waals surface area contributed by atoms with E-state index in [0.717, 1.165) is 0 Å². The molecule has 0 bridgehead atoms. The molecule has 0 aromatic carbocycles. The van der Waals surface area contributed by atoms with Gasteiger partial charge in [-0.1, -0.05) is 0 Å². The van der Waals surface area contributed by atoms with Crippen molar-refractivity contribution in [1.29, 1.82) is 0 Å². The molecular formula is H48F4N12O12Ti4. The van der Waals surface area contributed by atoms with E-state index < -0.39 is 73.2 Å². The first-order valence-corrected chi connectivity index (χ1v) is 13.2. The van der Waals surface area contributed by atoms with E-state index in [1.807, 2.05) is 0 Å². The molecule has 0 atom stereocenters. The van der Waals surface area contributed by atoms with E-state index in [9.17, 15) is 12.4 Å². The number of hydrogen-bond acceptors (Lipinski definition) is 12. The third-order valence-corrected chi connectivity index (χ3v) is 0. The van der Waals surface area contributed by atoms with Crippen LogP contribution in [-0.2, 0) is 73.2 Å². The summed E-state index contributed by atoms with van der Waals surface area (Å²) in [6, 6.07) is 0. The zero-order valence-electron chi connectivity index (χ0n) is 20.4. The minimum atomic E-state index is -6.25. The molecule has 224 valence electrons. The van der Waals surface area contributed by atoms with Crippen LogP contribution in [0.4, 0.5) is 12.4 Å². The summed E-state index contributed by atoms with van der Waals surface area (Å²) in [5, 5.41) is 0. The molecule has 0 aliphatic carbocycles. The SMILES string of the molecule is [NH4+].[NH4+].[NH4+].[NH4+].[NH4+].[NH4+].[NH4+].[NH4+].[NH4+].[NH4+].[NH4+].[NH4+].[O-][Ti]([O-])([O-])[F].[O-][Ti]([O-])([O-])[F].[O-][Ti]([O-])([O-])[F].[O-][Ti]([O-])([O-])[F]. The normalized spacial score (nSPS) is 7.50. The quantitative estimate of drug-likeness (QED) is 0.0841. The van der Waals surface area contributed by atoms with Crippen LogP contribution >= 0.6 is 0 Å². The van der Waals surface area contributed by atoms with E-state index in [0.29, 0.717) is 0 Å². The topological polar surface area (TPSA) is 715 Å². The van der Waals surface area contributed by atoms with Crippen molar-refractivity contribution in [2.24, 2.45) is 0 Å². The molecule has 0 amide bonds. The van der Waals surface area contributed by atoms with Crippen LogP contribution in [0.15, 0.2) is 0 Å². The van der Waals surface area contributed by atoms with Crippen molar-refractivity contribution in [2.75, 3.05) is 0 Å². The first kappa shape index (κ1) is 115. The zero-order chi connectivity index (χ0) is 18.0. The van der Waals surface area contributed by atoms with Crippen molar-refractivity contribution in [3.05, 3.63) is 0 Å². The van der Waals surface area contributed by atoms with Gasteiger partial charge in [0.05, 0.1) is 0 Å². The van der Waals surface area contributed by atoms with Gasteiger partial charge in [0.1, 0.15) is 0 Å². The molecule has 0 fully saturated rings. The standard InChI is InChI=1S/4FH.12H3N.12O.4Ti/h4*1H;12*1H3;;;;;;;;;;;;;;;;/q;;;;;;;;;;;;;;;;12*-1;4*+1/p+8. The van der Waals surface area contributed by atoms with Crippen LogP contribution < -0.4 is 118 Å². The van der Waals surface area contributed by atoms with Crippen LogP contribution in [0, 0.1) is 0 Å². The fourth-order valence-corrected chi connectivity index (χ4v) is 0. The third-order valence-electron chi connectivity index (χ3n) is 0. The van der Waals surface area contributed by atoms with Crippen LogP contribution in [-0.4, -0.2) is 0 Å². The molecule has 0 rings (SSSR count). The van der Waals surface area contributed by atoms with Gasteiger partial charge >= 0.3 is 130 Å². The Bertz CT molecular complexity index is 168. The van der Waals surface area contributed by atoms with Gasteiger partial charge in [0.25, 0.3) is 0 Å². The van der Waals surface area contributed by atoms with Crippen molar-refractivity contribution in [3.8, 4) is 0 Å². The Hall–Kier alpha value is 1.62. The Labute approximate surface area is 202 Å². The Morgan fingerprint density at radius 2 is 0.219 bits per heavy atom. The van der Waals surface area contributed by atoms with Crippen molar-refractivity contribution in [2.45, 2.75) is 0 Å². The molecule has 0 unspecified atom stereocenters. The van der Waals surface area contributed by atoms with Crippen LogP contribution in [0.5, 0.6) is 0 Å². The molecule has 0 aliphatic heterocycles. The molecule has 0 saturated heterocycles. The Morgan fingerprint density at radius 1 is 0.219 bits per heavy atom. The molecule has 0 aromatic rings. The number of halogens is 4. The van der Waals surface area contributed by atoms with Crippen molar-refractivity contribution in [3.63, 3.8) is 0 Å². The predicted molar refractivity (Wildman–Crippen MR) is 76.2 cm³/mol. The van der Waals surface area contributed by atoms with Gasteiger partial charge in [-0.05, 0) is 0 Å². The van der Waals surface area contributed by atoms with Crippen molar-refractivity contribution < 1.29 is 130 Å². The molecule has 0 heterocycles. The predicted octanol–water partition coefficient (Wildman–Crippen LogP) is -8.08. The molecule has 24 nitrogen and oxygen atoms in total. The number of quaternary nitrogens is 12.